The fourth-order valence-electron chi connectivity index (χ4n) is 17.6. The Morgan fingerprint density at radius 2 is 0.336 bits per heavy atom. The van der Waals surface area contributed by atoms with Gasteiger partial charge in [0.25, 0.3) is 0 Å². The van der Waals surface area contributed by atoms with Gasteiger partial charge >= 0.3 is 21.7 Å². The molecule has 107 heavy (non-hydrogen) atoms. The second-order valence-corrected chi connectivity index (χ2v) is 31.8. The van der Waals surface area contributed by atoms with Crippen molar-refractivity contribution in [2.24, 2.45) is 0 Å². The maximum absolute atomic E-state index is 4.87. The summed E-state index contributed by atoms with van der Waals surface area (Å²) in [4.78, 5) is 0. The maximum atomic E-state index is 4.84. The molecule has 0 saturated carbocycles. The molecule has 0 radical (unpaired) electrons. The van der Waals surface area contributed by atoms with Crippen LogP contribution in [0.3, 0.4) is 0 Å². The molecule has 1 aliphatic carbocycles. The molecule has 0 amide bonds. The molecule has 0 aromatic heterocycles. The fraction of sp³-hybridized carbons (Fsp3) is 0.0784. The molecule has 1 atom stereocenters. The van der Waals surface area contributed by atoms with E-state index >= 15 is 0 Å². The van der Waals surface area contributed by atoms with Crippen LogP contribution < -0.4 is 52.8 Å². The Morgan fingerprint density at radius 1 is 0.206 bits per heavy atom. The van der Waals surface area contributed by atoms with Gasteiger partial charge in [-0.05, 0) is 187 Å². The summed E-state index contributed by atoms with van der Waals surface area (Å²) in [6.45, 7) is 17.2. The van der Waals surface area contributed by atoms with Crippen LogP contribution in [0.1, 0.15) is 44.4 Å². The third kappa shape index (κ3) is 13.2. The van der Waals surface area contributed by atoms with E-state index in [0.29, 0.717) is 0 Å². The first kappa shape index (κ1) is 76.2. The molecule has 0 N–H and O–H groups in total. The molecule has 0 nitrogen and oxygen atoms in total. The number of rotatable bonds is 16. The Bertz CT molecular complexity index is 4830. The maximum Gasteiger partial charge on any atom is 4.00 e. The van der Waals surface area contributed by atoms with Crippen LogP contribution in [0.5, 0.6) is 0 Å². The van der Waals surface area contributed by atoms with Crippen molar-refractivity contribution in [2.75, 3.05) is 0 Å². The molecule has 0 fully saturated rings. The third-order valence-corrected chi connectivity index (χ3v) is 27.9. The van der Waals surface area contributed by atoms with Crippen LogP contribution in [0.2, 0.25) is 5.04 Å². The van der Waals surface area contributed by atoms with Gasteiger partial charge in [0.05, 0.1) is 0 Å². The SMILES string of the molecule is CC1=[C-]C(C)([Si](c2c(-c3ccccc3)c(-c3ccccc3)c(C)c(-c3ccccc3)c2-c2ccccc2)(c2c(-c3ccccc3)c(-c3ccccc3)c(C)c(-c3ccccc3)c2-c2ccccc2)c2c(-c3ccccc3)c(-c3ccccc3)c(C)c(-c3ccccc3)c2-c2ccccc2)C(C)=C1C.[Cl-].[Cl-].[Cl-].[Ti+4]. The predicted molar refractivity (Wildman–Crippen MR) is 443 cm³/mol. The summed E-state index contributed by atoms with van der Waals surface area (Å²) in [5.41, 5.74) is 35.4. The van der Waals surface area contributed by atoms with E-state index in [4.69, 9.17) is 6.08 Å². The summed E-state index contributed by atoms with van der Waals surface area (Å²) in [6, 6.07) is 138. The van der Waals surface area contributed by atoms with Crippen molar-refractivity contribution in [1.82, 2.24) is 0 Å². The molecule has 1 unspecified atom stereocenters. The molecule has 15 aromatic carbocycles. The van der Waals surface area contributed by atoms with E-state index in [1.807, 2.05) is 0 Å². The van der Waals surface area contributed by atoms with Gasteiger partial charge in [-0.25, -0.2) is 5.57 Å². The summed E-state index contributed by atoms with van der Waals surface area (Å²) >= 11 is 0. The number of hydrogen-bond donors (Lipinski definition) is 0. The van der Waals surface area contributed by atoms with Crippen LogP contribution in [0.4, 0.5) is 0 Å². The van der Waals surface area contributed by atoms with Gasteiger partial charge in [0.15, 0.2) is 0 Å². The number of benzene rings is 15. The largest absolute Gasteiger partial charge is 4.00 e. The quantitative estimate of drug-likeness (QED) is 0.0514. The second kappa shape index (κ2) is 32.7. The van der Waals surface area contributed by atoms with Gasteiger partial charge in [0.2, 0.25) is 0 Å². The summed E-state index contributed by atoms with van der Waals surface area (Å²) in [6.07, 6.45) is 4.84. The Balaban J connectivity index is 0.00000268. The third-order valence-electron chi connectivity index (χ3n) is 22.2. The van der Waals surface area contributed by atoms with E-state index in [9.17, 15) is 0 Å². The van der Waals surface area contributed by atoms with Gasteiger partial charge in [-0.1, -0.05) is 390 Å². The van der Waals surface area contributed by atoms with Crippen LogP contribution in [-0.2, 0) is 21.7 Å². The van der Waals surface area contributed by atoms with Crippen molar-refractivity contribution < 1.29 is 58.9 Å². The summed E-state index contributed by atoms with van der Waals surface area (Å²) < 4.78 is 0. The van der Waals surface area contributed by atoms with Crippen LogP contribution in [0.15, 0.2) is 381 Å². The van der Waals surface area contributed by atoms with Crippen molar-refractivity contribution in [3.05, 3.63) is 403 Å². The van der Waals surface area contributed by atoms with Crippen molar-refractivity contribution >= 4 is 23.6 Å². The minimum Gasteiger partial charge on any atom is -1.00 e. The molecule has 5 heteroatoms. The Hall–Kier alpha value is -10.4. The van der Waals surface area contributed by atoms with Gasteiger partial charge in [0.1, 0.15) is 8.07 Å². The zero-order chi connectivity index (χ0) is 70.2. The van der Waals surface area contributed by atoms with Crippen molar-refractivity contribution in [3.8, 4) is 134 Å². The van der Waals surface area contributed by atoms with Gasteiger partial charge in [-0.3, -0.25) is 6.08 Å². The predicted octanol–water partition coefficient (Wildman–Crippen LogP) is 17.0. The molecular weight excluding hydrogens is 1410 g/mol. The molecule has 1 aliphatic rings. The molecule has 15 aromatic rings. The van der Waals surface area contributed by atoms with Crippen molar-refractivity contribution in [2.45, 2.75) is 53.5 Å². The van der Waals surface area contributed by atoms with Crippen LogP contribution in [0, 0.1) is 26.8 Å². The van der Waals surface area contributed by atoms with Crippen LogP contribution in [-0.4, -0.2) is 8.07 Å². The fourth-order valence-corrected chi connectivity index (χ4v) is 24.9. The summed E-state index contributed by atoms with van der Waals surface area (Å²) in [5, 5.41) is 2.90. The first-order valence-corrected chi connectivity index (χ1v) is 38.2. The number of hydrogen-bond acceptors (Lipinski definition) is 0. The Morgan fingerprint density at radius 3 is 0.458 bits per heavy atom. The standard InChI is InChI=1S/C102H81Si.3ClH.Ti/c1-69-68-102(7,74(6)70(69)2)103(99-93(81-56-32-14-33-57-81)87(75-44-20-8-21-45-75)71(3)88(76-46-22-9-23-47-76)94(99)82-58-34-15-35-59-82,100-95(83-60-36-16-37-61-83)89(77-48-24-10-25-49-77)72(4)90(78-50-26-11-27-51-78)96(100)84-62-38-17-39-63-84)101-97(85-64-40-18-41-65-85)91(79-52-28-12-29-53-79)73(5)92(80-54-30-13-31-55-80)98(101)86-66-42-19-43-67-86;;;;/h8-67H,1-7H3;3*1H;/q-1;;;;+4/p-3. The Labute approximate surface area is 667 Å². The van der Waals surface area contributed by atoms with Gasteiger partial charge < -0.3 is 37.2 Å². The average molecular weight is 1490 g/mol. The summed E-state index contributed by atoms with van der Waals surface area (Å²) in [5.74, 6) is 0. The molecule has 0 bridgehead atoms. The van der Waals surface area contributed by atoms with E-state index in [1.54, 1.807) is 0 Å². The van der Waals surface area contributed by atoms with E-state index < -0.39 is 13.1 Å². The van der Waals surface area contributed by atoms with Crippen LogP contribution >= 0.6 is 0 Å². The molecule has 16 rings (SSSR count). The van der Waals surface area contributed by atoms with Crippen molar-refractivity contribution in [1.29, 1.82) is 0 Å². The van der Waals surface area contributed by atoms with Gasteiger partial charge in [-0.2, -0.15) is 11.1 Å². The molecule has 0 saturated heterocycles. The molecular formula is C102H81Cl3SiTi. The summed E-state index contributed by atoms with van der Waals surface area (Å²) in [7, 11) is -4.87. The van der Waals surface area contributed by atoms with E-state index in [1.165, 1.54) is 110 Å². The first-order chi connectivity index (χ1) is 50.6. The van der Waals surface area contributed by atoms with E-state index in [0.717, 1.165) is 72.3 Å². The number of allylic oxidation sites excluding steroid dienone is 4. The van der Waals surface area contributed by atoms with Crippen LogP contribution in [0.25, 0.3) is 134 Å². The Kier molecular flexibility index (Phi) is 23.3. The first-order valence-electron chi connectivity index (χ1n) is 36.2. The molecule has 0 aliphatic heterocycles. The minimum absolute atomic E-state index is 0. The molecule has 0 heterocycles. The monoisotopic (exact) mass is 1490 g/mol. The van der Waals surface area contributed by atoms with E-state index in [-0.39, 0.29) is 58.9 Å². The van der Waals surface area contributed by atoms with Gasteiger partial charge in [0, 0.05) is 0 Å². The molecule has 518 valence electrons. The van der Waals surface area contributed by atoms with E-state index in [2.05, 4.69) is 412 Å². The second-order valence-electron chi connectivity index (χ2n) is 27.8. The zero-order valence-corrected chi connectivity index (χ0v) is 66.1. The van der Waals surface area contributed by atoms with Crippen molar-refractivity contribution in [3.63, 3.8) is 0 Å². The average Bonchev–Trinajstić information content (AvgIpc) is 1.59. The molecule has 0 spiro atoms. The number of halogens is 3. The smallest absolute Gasteiger partial charge is 1.00 e. The zero-order valence-electron chi connectivity index (χ0n) is 61.3. The van der Waals surface area contributed by atoms with Gasteiger partial charge in [-0.15, -0.1) is 6.92 Å². The topological polar surface area (TPSA) is 0 Å². The minimum atomic E-state index is -4.87. The normalized spacial score (nSPS) is 13.1.